The van der Waals surface area contributed by atoms with Gasteiger partial charge in [0.1, 0.15) is 0 Å². The predicted octanol–water partition coefficient (Wildman–Crippen LogP) is 11.6. The van der Waals surface area contributed by atoms with E-state index in [4.69, 9.17) is 0 Å². The maximum absolute atomic E-state index is 2.52. The first kappa shape index (κ1) is 26.7. The highest BCUT2D eigenvalue weighted by Gasteiger charge is 2.28. The molecule has 0 spiro atoms. The van der Waals surface area contributed by atoms with Gasteiger partial charge in [-0.25, -0.2) is 0 Å². The van der Waals surface area contributed by atoms with E-state index in [1.807, 2.05) is 0 Å². The summed E-state index contributed by atoms with van der Waals surface area (Å²) in [4.78, 5) is 0. The van der Waals surface area contributed by atoms with Gasteiger partial charge in [0.25, 0.3) is 0 Å². The van der Waals surface area contributed by atoms with Gasteiger partial charge >= 0.3 is 0 Å². The van der Waals surface area contributed by atoms with Crippen LogP contribution in [0.1, 0.15) is 26.5 Å². The van der Waals surface area contributed by atoms with Gasteiger partial charge in [0, 0.05) is 27.6 Å². The van der Waals surface area contributed by atoms with Crippen LogP contribution in [0.25, 0.3) is 61.1 Å². The van der Waals surface area contributed by atoms with Gasteiger partial charge in [0.2, 0.25) is 0 Å². The van der Waals surface area contributed by atoms with Gasteiger partial charge < -0.3 is 4.57 Å². The highest BCUT2D eigenvalue weighted by molar-refractivity contribution is 6.05. The van der Waals surface area contributed by atoms with Crippen LogP contribution in [0, 0.1) is 0 Å². The molecule has 1 heteroatoms. The molecule has 43 heavy (non-hydrogen) atoms. The molecule has 1 heterocycles. The number of aromatic nitrogens is 1. The van der Waals surface area contributed by atoms with E-state index in [1.165, 1.54) is 66.8 Å². The highest BCUT2D eigenvalue weighted by atomic mass is 15.0. The van der Waals surface area contributed by atoms with Crippen LogP contribution in [0.2, 0.25) is 0 Å². The van der Waals surface area contributed by atoms with Crippen LogP contribution in [0.3, 0.4) is 0 Å². The van der Waals surface area contributed by atoms with Crippen molar-refractivity contribution in [1.82, 2.24) is 4.57 Å². The van der Waals surface area contributed by atoms with E-state index < -0.39 is 0 Å². The van der Waals surface area contributed by atoms with Crippen LogP contribution < -0.4 is 0 Å². The lowest BCUT2D eigenvalue weighted by Crippen LogP contribution is -2.17. The minimum absolute atomic E-state index is 0.0785. The van der Waals surface area contributed by atoms with E-state index in [1.54, 1.807) is 0 Å². The summed E-state index contributed by atoms with van der Waals surface area (Å²) in [6.45, 7) is 6.94. The Morgan fingerprint density at radius 2 is 0.860 bits per heavy atom. The zero-order valence-electron chi connectivity index (χ0n) is 25.0. The lowest BCUT2D eigenvalue weighted by atomic mass is 9.81. The molecular weight excluding hydrogens is 518 g/mol. The van der Waals surface area contributed by atoms with Crippen LogP contribution in [0.5, 0.6) is 0 Å². The van der Waals surface area contributed by atoms with Gasteiger partial charge in [0.05, 0.1) is 11.2 Å². The van der Waals surface area contributed by atoms with Crippen molar-refractivity contribution in [1.29, 1.82) is 0 Å². The second kappa shape index (κ2) is 10.9. The number of benzene rings is 6. The molecule has 0 saturated carbocycles. The van der Waals surface area contributed by atoms with Crippen molar-refractivity contribution in [2.24, 2.45) is 0 Å². The van der Waals surface area contributed by atoms with Gasteiger partial charge in [-0.05, 0) is 51.6 Å². The molecule has 7 rings (SSSR count). The van der Waals surface area contributed by atoms with E-state index in [0.717, 1.165) is 0 Å². The maximum atomic E-state index is 2.52. The van der Waals surface area contributed by atoms with Crippen molar-refractivity contribution in [2.75, 3.05) is 0 Å². The van der Waals surface area contributed by atoms with Crippen LogP contribution in [0.4, 0.5) is 0 Å². The van der Waals surface area contributed by atoms with Crippen LogP contribution in [-0.4, -0.2) is 4.57 Å². The lowest BCUT2D eigenvalue weighted by Gasteiger charge is -2.28. The third-order valence-corrected chi connectivity index (χ3v) is 8.30. The molecule has 0 aliphatic rings. The molecule has 0 aliphatic heterocycles. The van der Waals surface area contributed by atoms with E-state index in [2.05, 4.69) is 183 Å². The number of nitrogens with zero attached hydrogens (tertiary/aromatic N) is 1. The summed E-state index contributed by atoms with van der Waals surface area (Å²) < 4.78 is 2.52. The number of hydrogen-bond donors (Lipinski definition) is 0. The smallest absolute Gasteiger partial charge is 0.0550 e. The molecular formula is C42H35N. The Morgan fingerprint density at radius 3 is 1.40 bits per heavy atom. The molecule has 0 saturated heterocycles. The summed E-state index contributed by atoms with van der Waals surface area (Å²) in [7, 11) is 0. The molecule has 1 aromatic heterocycles. The van der Waals surface area contributed by atoms with Crippen LogP contribution >= 0.6 is 0 Å². The molecule has 0 N–H and O–H groups in total. The minimum Gasteiger partial charge on any atom is -0.312 e. The molecule has 0 aliphatic carbocycles. The molecule has 6 aromatic carbocycles. The largest absolute Gasteiger partial charge is 0.312 e. The Bertz CT molecular complexity index is 2010. The zero-order chi connectivity index (χ0) is 29.4. The minimum atomic E-state index is -0.0785. The average molecular weight is 554 g/mol. The number of hydrogen-bond acceptors (Lipinski definition) is 0. The zero-order valence-corrected chi connectivity index (χ0v) is 25.0. The Morgan fingerprint density at radius 1 is 0.419 bits per heavy atom. The number of rotatable bonds is 5. The molecule has 0 fully saturated rings. The monoisotopic (exact) mass is 553 g/mol. The SMILES string of the molecule is CC(C)(C)c1cc2ccccc2n1-c1cc(-c2ccccc2)c(-c2ccccc2)c(-c2ccccc2)c1-c1ccccc1. The first-order valence-electron chi connectivity index (χ1n) is 15.0. The van der Waals surface area contributed by atoms with E-state index >= 15 is 0 Å². The van der Waals surface area contributed by atoms with Gasteiger partial charge in [-0.2, -0.15) is 0 Å². The van der Waals surface area contributed by atoms with E-state index in [-0.39, 0.29) is 5.41 Å². The van der Waals surface area contributed by atoms with Gasteiger partial charge in [-0.3, -0.25) is 0 Å². The van der Waals surface area contributed by atoms with Crippen LogP contribution in [-0.2, 0) is 5.41 Å². The molecule has 0 radical (unpaired) electrons. The highest BCUT2D eigenvalue weighted by Crippen LogP contribution is 2.50. The lowest BCUT2D eigenvalue weighted by molar-refractivity contribution is 0.560. The van der Waals surface area contributed by atoms with Gasteiger partial charge in [-0.1, -0.05) is 160 Å². The third kappa shape index (κ3) is 4.87. The van der Waals surface area contributed by atoms with Crippen molar-refractivity contribution in [3.05, 3.63) is 163 Å². The van der Waals surface area contributed by atoms with Crippen molar-refractivity contribution in [3.63, 3.8) is 0 Å². The van der Waals surface area contributed by atoms with Crippen molar-refractivity contribution >= 4 is 10.9 Å². The topological polar surface area (TPSA) is 4.93 Å². The summed E-state index contributed by atoms with van der Waals surface area (Å²) >= 11 is 0. The maximum Gasteiger partial charge on any atom is 0.0550 e. The number of para-hydroxylation sites is 1. The normalized spacial score (nSPS) is 11.6. The molecule has 208 valence electrons. The fraction of sp³-hybridized carbons (Fsp3) is 0.0952. The summed E-state index contributed by atoms with van der Waals surface area (Å²) in [5, 5.41) is 1.25. The van der Waals surface area contributed by atoms with Crippen LogP contribution in [0.15, 0.2) is 158 Å². The summed E-state index contributed by atoms with van der Waals surface area (Å²) in [5.74, 6) is 0. The first-order valence-corrected chi connectivity index (χ1v) is 15.0. The molecule has 1 nitrogen and oxygen atoms in total. The molecule has 7 aromatic rings. The van der Waals surface area contributed by atoms with Gasteiger partial charge in [-0.15, -0.1) is 0 Å². The molecule has 0 unspecified atom stereocenters. The predicted molar refractivity (Wildman–Crippen MR) is 184 cm³/mol. The summed E-state index contributed by atoms with van der Waals surface area (Å²) in [6, 6.07) is 57.2. The standard InChI is InChI=1S/C42H35N/c1-42(2,3)38-28-34-26-16-17-27-36(34)43(38)37-29-35(30-18-8-4-9-19-30)39(31-20-10-5-11-21-31)41(33-24-14-7-15-25-33)40(37)32-22-12-6-13-23-32/h4-29H,1-3H3. The van der Waals surface area contributed by atoms with E-state index in [0.29, 0.717) is 0 Å². The Labute approximate surface area is 254 Å². The first-order chi connectivity index (χ1) is 21.0. The fourth-order valence-corrected chi connectivity index (χ4v) is 6.35. The Hall–Kier alpha value is -5.14. The third-order valence-electron chi connectivity index (χ3n) is 8.30. The summed E-state index contributed by atoms with van der Waals surface area (Å²) in [6.07, 6.45) is 0. The van der Waals surface area contributed by atoms with Gasteiger partial charge in [0.15, 0.2) is 0 Å². The van der Waals surface area contributed by atoms with Crippen molar-refractivity contribution < 1.29 is 0 Å². The second-order valence-electron chi connectivity index (χ2n) is 12.2. The summed E-state index contributed by atoms with van der Waals surface area (Å²) in [5.41, 5.74) is 13.4. The Kier molecular flexibility index (Phi) is 6.80. The van der Waals surface area contributed by atoms with E-state index in [9.17, 15) is 0 Å². The quantitative estimate of drug-likeness (QED) is 0.200. The molecule has 0 atom stereocenters. The molecule has 0 bridgehead atoms. The Balaban J connectivity index is 1.75. The second-order valence-corrected chi connectivity index (χ2v) is 12.2. The van der Waals surface area contributed by atoms with Crippen molar-refractivity contribution in [2.45, 2.75) is 26.2 Å². The molecule has 0 amide bonds. The van der Waals surface area contributed by atoms with Crippen molar-refractivity contribution in [3.8, 4) is 50.2 Å². The average Bonchev–Trinajstić information content (AvgIpc) is 3.46. The number of fused-ring (bicyclic) bond motifs is 1. The fourth-order valence-electron chi connectivity index (χ4n) is 6.35.